The SMILES string of the molecule is CCOc1ccc(NC(=O)CCC(=O)NNC(=O)C(CC)Oc2cccc(C)c2)cc1. The molecule has 0 spiro atoms. The molecule has 3 amide bonds. The van der Waals surface area contributed by atoms with Crippen molar-refractivity contribution in [2.24, 2.45) is 0 Å². The first-order valence-electron chi connectivity index (χ1n) is 10.3. The van der Waals surface area contributed by atoms with Crippen molar-refractivity contribution in [2.45, 2.75) is 46.1 Å². The Bertz CT molecular complexity index is 883. The van der Waals surface area contributed by atoms with Crippen molar-refractivity contribution >= 4 is 23.4 Å². The summed E-state index contributed by atoms with van der Waals surface area (Å²) >= 11 is 0. The minimum absolute atomic E-state index is 0.0219. The molecule has 0 aliphatic rings. The van der Waals surface area contributed by atoms with Crippen molar-refractivity contribution in [3.63, 3.8) is 0 Å². The van der Waals surface area contributed by atoms with E-state index in [1.54, 1.807) is 30.3 Å². The summed E-state index contributed by atoms with van der Waals surface area (Å²) in [6.07, 6.45) is -0.407. The quantitative estimate of drug-likeness (QED) is 0.505. The van der Waals surface area contributed by atoms with Crippen LogP contribution in [0.15, 0.2) is 48.5 Å². The van der Waals surface area contributed by atoms with Crippen LogP contribution in [0.2, 0.25) is 0 Å². The Morgan fingerprint density at radius 2 is 1.61 bits per heavy atom. The van der Waals surface area contributed by atoms with Crippen molar-refractivity contribution in [1.29, 1.82) is 0 Å². The predicted octanol–water partition coefficient (Wildman–Crippen LogP) is 3.12. The van der Waals surface area contributed by atoms with Crippen LogP contribution >= 0.6 is 0 Å². The molecule has 0 heterocycles. The molecule has 0 saturated heterocycles. The third-order valence-electron chi connectivity index (χ3n) is 4.28. The van der Waals surface area contributed by atoms with Crippen LogP contribution in [0.4, 0.5) is 5.69 Å². The first-order valence-corrected chi connectivity index (χ1v) is 10.3. The molecule has 8 heteroatoms. The lowest BCUT2D eigenvalue weighted by atomic mass is 10.2. The largest absolute Gasteiger partial charge is 0.494 e. The van der Waals surface area contributed by atoms with Crippen molar-refractivity contribution in [3.05, 3.63) is 54.1 Å². The molecule has 0 aromatic heterocycles. The minimum atomic E-state index is -0.745. The number of benzene rings is 2. The lowest BCUT2D eigenvalue weighted by Gasteiger charge is -2.17. The van der Waals surface area contributed by atoms with Crippen molar-refractivity contribution in [3.8, 4) is 11.5 Å². The van der Waals surface area contributed by atoms with Crippen molar-refractivity contribution in [2.75, 3.05) is 11.9 Å². The van der Waals surface area contributed by atoms with Crippen LogP contribution < -0.4 is 25.6 Å². The zero-order chi connectivity index (χ0) is 22.6. The summed E-state index contributed by atoms with van der Waals surface area (Å²) in [4.78, 5) is 36.3. The predicted molar refractivity (Wildman–Crippen MR) is 118 cm³/mol. The van der Waals surface area contributed by atoms with Gasteiger partial charge in [-0.25, -0.2) is 0 Å². The second kappa shape index (κ2) is 12.2. The third kappa shape index (κ3) is 8.38. The molecule has 1 atom stereocenters. The highest BCUT2D eigenvalue weighted by Gasteiger charge is 2.19. The maximum absolute atomic E-state index is 12.3. The molecule has 0 radical (unpaired) electrons. The number of hydrogen-bond acceptors (Lipinski definition) is 5. The van der Waals surface area contributed by atoms with Crippen LogP contribution in [-0.4, -0.2) is 30.4 Å². The van der Waals surface area contributed by atoms with Gasteiger partial charge in [-0.1, -0.05) is 19.1 Å². The van der Waals surface area contributed by atoms with E-state index in [-0.39, 0.29) is 18.7 Å². The van der Waals surface area contributed by atoms with Gasteiger partial charge >= 0.3 is 0 Å². The second-order valence-electron chi connectivity index (χ2n) is 6.87. The number of nitrogens with one attached hydrogen (secondary N) is 3. The standard InChI is InChI=1S/C23H29N3O5/c1-4-20(31-19-8-6-7-16(3)15-19)23(29)26-25-22(28)14-13-21(27)24-17-9-11-18(12-10-17)30-5-2/h6-12,15,20H,4-5,13-14H2,1-3H3,(H,24,27)(H,25,28)(H,26,29). The normalized spacial score (nSPS) is 11.2. The summed E-state index contributed by atoms with van der Waals surface area (Å²) in [5.41, 5.74) is 6.30. The first-order chi connectivity index (χ1) is 14.9. The molecular formula is C23H29N3O5. The number of rotatable bonds is 10. The van der Waals surface area contributed by atoms with Gasteiger partial charge in [0.2, 0.25) is 11.8 Å². The molecule has 3 N–H and O–H groups in total. The fraction of sp³-hybridized carbons (Fsp3) is 0.348. The summed E-state index contributed by atoms with van der Waals surface area (Å²) in [5.74, 6) is 0.0586. The first kappa shape index (κ1) is 23.7. The number of anilines is 1. The van der Waals surface area contributed by atoms with Crippen molar-refractivity contribution in [1.82, 2.24) is 10.9 Å². The molecule has 166 valence electrons. The van der Waals surface area contributed by atoms with E-state index in [9.17, 15) is 14.4 Å². The van der Waals surface area contributed by atoms with Gasteiger partial charge in [-0.2, -0.15) is 0 Å². The van der Waals surface area contributed by atoms with Crippen LogP contribution in [-0.2, 0) is 14.4 Å². The zero-order valence-electron chi connectivity index (χ0n) is 18.1. The van der Waals surface area contributed by atoms with Crippen LogP contribution in [0, 0.1) is 6.92 Å². The monoisotopic (exact) mass is 427 g/mol. The van der Waals surface area contributed by atoms with E-state index in [0.717, 1.165) is 5.56 Å². The molecule has 0 fully saturated rings. The Morgan fingerprint density at radius 1 is 0.903 bits per heavy atom. The lowest BCUT2D eigenvalue weighted by molar-refractivity contribution is -0.133. The van der Waals surface area contributed by atoms with Gasteiger partial charge in [0.05, 0.1) is 6.61 Å². The maximum Gasteiger partial charge on any atom is 0.279 e. The molecule has 2 rings (SSSR count). The van der Waals surface area contributed by atoms with E-state index in [2.05, 4.69) is 16.2 Å². The number of aryl methyl sites for hydroxylation is 1. The fourth-order valence-electron chi connectivity index (χ4n) is 2.70. The fourth-order valence-corrected chi connectivity index (χ4v) is 2.70. The molecule has 0 bridgehead atoms. The Kier molecular flexibility index (Phi) is 9.35. The van der Waals surface area contributed by atoms with Gasteiger partial charge in [0.25, 0.3) is 5.91 Å². The van der Waals surface area contributed by atoms with Crippen LogP contribution in [0.5, 0.6) is 11.5 Å². The van der Waals surface area contributed by atoms with Crippen LogP contribution in [0.1, 0.15) is 38.7 Å². The lowest BCUT2D eigenvalue weighted by Crippen LogP contribution is -2.48. The van der Waals surface area contributed by atoms with E-state index in [1.807, 2.05) is 39.0 Å². The molecule has 1 unspecified atom stereocenters. The number of hydrogen-bond donors (Lipinski definition) is 3. The van der Waals surface area contributed by atoms with E-state index < -0.39 is 17.9 Å². The summed E-state index contributed by atoms with van der Waals surface area (Å²) in [5, 5.41) is 2.71. The van der Waals surface area contributed by atoms with Gasteiger partial charge in [-0.15, -0.1) is 0 Å². The Morgan fingerprint density at radius 3 is 2.26 bits per heavy atom. The van der Waals surface area contributed by atoms with E-state index in [4.69, 9.17) is 9.47 Å². The number of carbonyl (C=O) groups excluding carboxylic acids is 3. The van der Waals surface area contributed by atoms with Gasteiger partial charge in [-0.05, 0) is 62.2 Å². The summed E-state index contributed by atoms with van der Waals surface area (Å²) in [6, 6.07) is 14.3. The highest BCUT2D eigenvalue weighted by molar-refractivity contribution is 5.93. The van der Waals surface area contributed by atoms with E-state index >= 15 is 0 Å². The molecule has 31 heavy (non-hydrogen) atoms. The Balaban J connectivity index is 1.72. The number of carbonyl (C=O) groups is 3. The Hall–Kier alpha value is -3.55. The van der Waals surface area contributed by atoms with Crippen LogP contribution in [0.25, 0.3) is 0 Å². The van der Waals surface area contributed by atoms with Gasteiger partial charge in [0.15, 0.2) is 6.10 Å². The van der Waals surface area contributed by atoms with Crippen LogP contribution in [0.3, 0.4) is 0 Å². The van der Waals surface area contributed by atoms with E-state index in [0.29, 0.717) is 30.2 Å². The van der Waals surface area contributed by atoms with Gasteiger partial charge in [0.1, 0.15) is 11.5 Å². The van der Waals surface area contributed by atoms with Crippen molar-refractivity contribution < 1.29 is 23.9 Å². The topological polar surface area (TPSA) is 106 Å². The molecule has 0 aliphatic carbocycles. The molecule has 2 aromatic rings. The average molecular weight is 428 g/mol. The summed E-state index contributed by atoms with van der Waals surface area (Å²) in [7, 11) is 0. The zero-order valence-corrected chi connectivity index (χ0v) is 18.1. The minimum Gasteiger partial charge on any atom is -0.494 e. The molecule has 8 nitrogen and oxygen atoms in total. The summed E-state index contributed by atoms with van der Waals surface area (Å²) < 4.78 is 11.0. The van der Waals surface area contributed by atoms with Gasteiger partial charge < -0.3 is 14.8 Å². The molecular weight excluding hydrogens is 398 g/mol. The second-order valence-corrected chi connectivity index (χ2v) is 6.87. The molecule has 0 saturated carbocycles. The van der Waals surface area contributed by atoms with Gasteiger partial charge in [-0.3, -0.25) is 25.2 Å². The van der Waals surface area contributed by atoms with E-state index in [1.165, 1.54) is 0 Å². The molecule has 2 aromatic carbocycles. The highest BCUT2D eigenvalue weighted by atomic mass is 16.5. The Labute approximate surface area is 182 Å². The smallest absolute Gasteiger partial charge is 0.279 e. The number of ether oxygens (including phenoxy) is 2. The summed E-state index contributed by atoms with van der Waals surface area (Å²) in [6.45, 7) is 6.20. The maximum atomic E-state index is 12.3. The molecule has 0 aliphatic heterocycles. The third-order valence-corrected chi connectivity index (χ3v) is 4.28. The highest BCUT2D eigenvalue weighted by Crippen LogP contribution is 2.16. The number of amides is 3. The van der Waals surface area contributed by atoms with Gasteiger partial charge in [0, 0.05) is 18.5 Å². The average Bonchev–Trinajstić information content (AvgIpc) is 2.76. The number of hydrazine groups is 1.